The second kappa shape index (κ2) is 13.6. The number of nitrogens with one attached hydrogen (secondary N) is 2. The van der Waals surface area contributed by atoms with Crippen molar-refractivity contribution in [3.63, 3.8) is 0 Å². The molecule has 0 bridgehead atoms. The zero-order chi connectivity index (χ0) is 21.1. The zero-order valence-corrected chi connectivity index (χ0v) is 20.9. The third-order valence-corrected chi connectivity index (χ3v) is 5.12. The summed E-state index contributed by atoms with van der Waals surface area (Å²) in [5, 5.41) is 6.58. The van der Waals surface area contributed by atoms with Crippen LogP contribution in [0.2, 0.25) is 0 Å². The summed E-state index contributed by atoms with van der Waals surface area (Å²) >= 11 is 0. The number of ether oxygens (including phenoxy) is 1. The van der Waals surface area contributed by atoms with E-state index in [1.807, 2.05) is 42.5 Å². The molecule has 0 radical (unpaired) electrons. The molecule has 0 aliphatic rings. The fourth-order valence-corrected chi connectivity index (χ4v) is 3.54. The summed E-state index contributed by atoms with van der Waals surface area (Å²) < 4.78 is 28.5. The largest absolute Gasteiger partial charge is 0.376 e. The Labute approximate surface area is 197 Å². The molecule has 0 amide bonds. The average Bonchev–Trinajstić information content (AvgIpc) is 2.69. The maximum absolute atomic E-state index is 11.4. The number of benzene rings is 2. The molecule has 2 rings (SSSR count). The Bertz CT molecular complexity index is 872. The van der Waals surface area contributed by atoms with E-state index in [0.29, 0.717) is 25.7 Å². The number of rotatable bonds is 10. The Hall–Kier alpha value is -1.65. The maximum atomic E-state index is 11.4. The summed E-state index contributed by atoms with van der Waals surface area (Å²) in [6.45, 7) is 4.78. The molecule has 0 heterocycles. The Morgan fingerprint density at radius 2 is 1.63 bits per heavy atom. The van der Waals surface area contributed by atoms with Crippen molar-refractivity contribution in [3.05, 3.63) is 71.3 Å². The number of sulfone groups is 1. The predicted molar refractivity (Wildman–Crippen MR) is 134 cm³/mol. The topological polar surface area (TPSA) is 79.8 Å². The van der Waals surface area contributed by atoms with E-state index in [1.54, 1.807) is 7.05 Å². The van der Waals surface area contributed by atoms with Gasteiger partial charge in [-0.25, -0.2) is 8.42 Å². The molecule has 8 heteroatoms. The lowest BCUT2D eigenvalue weighted by Gasteiger charge is -2.16. The van der Waals surface area contributed by atoms with Crippen LogP contribution in [0.15, 0.2) is 59.6 Å². The van der Waals surface area contributed by atoms with Gasteiger partial charge in [0.15, 0.2) is 15.8 Å². The van der Waals surface area contributed by atoms with Crippen LogP contribution in [0, 0.1) is 5.92 Å². The zero-order valence-electron chi connectivity index (χ0n) is 17.8. The van der Waals surface area contributed by atoms with E-state index in [-0.39, 0.29) is 29.7 Å². The highest BCUT2D eigenvalue weighted by Crippen LogP contribution is 2.08. The van der Waals surface area contributed by atoms with Crippen LogP contribution >= 0.6 is 24.0 Å². The molecule has 166 valence electrons. The van der Waals surface area contributed by atoms with Crippen LogP contribution in [0.1, 0.15) is 23.6 Å². The lowest BCUT2D eigenvalue weighted by atomic mass is 10.1. The van der Waals surface area contributed by atoms with Gasteiger partial charge in [-0.1, -0.05) is 61.5 Å². The Kier molecular flexibility index (Phi) is 12.0. The molecule has 0 saturated heterocycles. The molecular weight excluding hydrogens is 513 g/mol. The van der Waals surface area contributed by atoms with Gasteiger partial charge in [-0.3, -0.25) is 4.99 Å². The van der Waals surface area contributed by atoms with Crippen LogP contribution in [0.3, 0.4) is 0 Å². The number of hydrogen-bond acceptors (Lipinski definition) is 4. The second-order valence-electron chi connectivity index (χ2n) is 7.30. The molecule has 1 unspecified atom stereocenters. The summed E-state index contributed by atoms with van der Waals surface area (Å²) in [4.78, 5) is 4.24. The highest BCUT2D eigenvalue weighted by Gasteiger charge is 2.06. The van der Waals surface area contributed by atoms with Crippen molar-refractivity contribution < 1.29 is 13.2 Å². The van der Waals surface area contributed by atoms with Crippen LogP contribution in [-0.4, -0.2) is 40.8 Å². The Morgan fingerprint density at radius 1 is 1.00 bits per heavy atom. The van der Waals surface area contributed by atoms with Gasteiger partial charge in [0.2, 0.25) is 0 Å². The van der Waals surface area contributed by atoms with Gasteiger partial charge in [0.05, 0.1) is 19.0 Å². The van der Waals surface area contributed by atoms with Crippen LogP contribution in [0.5, 0.6) is 0 Å². The van der Waals surface area contributed by atoms with E-state index >= 15 is 0 Å². The summed E-state index contributed by atoms with van der Waals surface area (Å²) in [6, 6.07) is 17.7. The lowest BCUT2D eigenvalue weighted by molar-refractivity contribution is 0.0931. The van der Waals surface area contributed by atoms with E-state index in [9.17, 15) is 8.42 Å². The minimum atomic E-state index is -3.01. The highest BCUT2D eigenvalue weighted by molar-refractivity contribution is 14.0. The first kappa shape index (κ1) is 26.4. The molecule has 2 aromatic rings. The van der Waals surface area contributed by atoms with Crippen LogP contribution in [0.25, 0.3) is 0 Å². The first-order valence-corrected chi connectivity index (χ1v) is 11.7. The normalized spacial score (nSPS) is 12.7. The van der Waals surface area contributed by atoms with Crippen molar-refractivity contribution in [3.8, 4) is 0 Å². The minimum Gasteiger partial charge on any atom is -0.376 e. The third-order valence-electron chi connectivity index (χ3n) is 4.27. The number of guanidine groups is 1. The van der Waals surface area contributed by atoms with E-state index < -0.39 is 9.84 Å². The smallest absolute Gasteiger partial charge is 0.191 e. The number of nitrogens with zero attached hydrogens (tertiary/aromatic N) is 1. The third kappa shape index (κ3) is 10.9. The second-order valence-corrected chi connectivity index (χ2v) is 9.44. The fraction of sp³-hybridized carbons (Fsp3) is 0.409. The van der Waals surface area contributed by atoms with Crippen molar-refractivity contribution in [1.82, 2.24) is 10.6 Å². The Morgan fingerprint density at radius 3 is 2.23 bits per heavy atom. The fourth-order valence-electron chi connectivity index (χ4n) is 2.74. The molecule has 1 atom stereocenters. The van der Waals surface area contributed by atoms with Crippen molar-refractivity contribution >= 4 is 39.8 Å². The molecule has 6 nitrogen and oxygen atoms in total. The minimum absolute atomic E-state index is 0. The van der Waals surface area contributed by atoms with Gasteiger partial charge in [0, 0.05) is 26.4 Å². The average molecular weight is 545 g/mol. The molecule has 0 aliphatic carbocycles. The van der Waals surface area contributed by atoms with Crippen LogP contribution in [-0.2, 0) is 33.5 Å². The van der Waals surface area contributed by atoms with Gasteiger partial charge in [-0.05, 0) is 22.6 Å². The molecule has 2 aromatic carbocycles. The molecule has 0 spiro atoms. The molecule has 0 aromatic heterocycles. The summed E-state index contributed by atoms with van der Waals surface area (Å²) in [6.07, 6.45) is 1.24. The van der Waals surface area contributed by atoms with Crippen molar-refractivity contribution in [2.75, 3.05) is 26.5 Å². The summed E-state index contributed by atoms with van der Waals surface area (Å²) in [7, 11) is -1.28. The molecule has 0 fully saturated rings. The summed E-state index contributed by atoms with van der Waals surface area (Å²) in [5.74, 6) is 1.13. The monoisotopic (exact) mass is 545 g/mol. The van der Waals surface area contributed by atoms with Crippen molar-refractivity contribution in [2.24, 2.45) is 10.9 Å². The first-order valence-electron chi connectivity index (χ1n) is 9.67. The SMILES string of the molecule is CN=C(NCc1ccc(CS(C)(=O)=O)cc1)NCC(C)COCc1ccccc1.I. The number of halogens is 1. The quantitative estimate of drug-likeness (QED) is 0.272. The first-order chi connectivity index (χ1) is 13.9. The van der Waals surface area contributed by atoms with Gasteiger partial charge in [0.25, 0.3) is 0 Å². The van der Waals surface area contributed by atoms with Gasteiger partial charge >= 0.3 is 0 Å². The van der Waals surface area contributed by atoms with E-state index in [2.05, 4.69) is 34.7 Å². The van der Waals surface area contributed by atoms with E-state index in [0.717, 1.165) is 23.6 Å². The molecule has 2 N–H and O–H groups in total. The van der Waals surface area contributed by atoms with Crippen molar-refractivity contribution in [1.29, 1.82) is 0 Å². The van der Waals surface area contributed by atoms with E-state index in [1.165, 1.54) is 11.8 Å². The van der Waals surface area contributed by atoms with Gasteiger partial charge in [-0.15, -0.1) is 24.0 Å². The maximum Gasteiger partial charge on any atom is 0.191 e. The molecular formula is C22H32IN3O3S. The van der Waals surface area contributed by atoms with Gasteiger partial charge < -0.3 is 15.4 Å². The van der Waals surface area contributed by atoms with Gasteiger partial charge in [0.1, 0.15) is 0 Å². The van der Waals surface area contributed by atoms with Crippen LogP contribution in [0.4, 0.5) is 0 Å². The predicted octanol–water partition coefficient (Wildman–Crippen LogP) is 3.37. The molecule has 0 aliphatic heterocycles. The van der Waals surface area contributed by atoms with Crippen molar-refractivity contribution in [2.45, 2.75) is 25.8 Å². The lowest BCUT2D eigenvalue weighted by Crippen LogP contribution is -2.39. The van der Waals surface area contributed by atoms with Gasteiger partial charge in [-0.2, -0.15) is 0 Å². The number of hydrogen-bond donors (Lipinski definition) is 2. The highest BCUT2D eigenvalue weighted by atomic mass is 127. The Balaban J connectivity index is 0.00000450. The molecule has 30 heavy (non-hydrogen) atoms. The molecule has 0 saturated carbocycles. The number of aliphatic imine (C=N–C) groups is 1. The van der Waals surface area contributed by atoms with Crippen LogP contribution < -0.4 is 10.6 Å². The van der Waals surface area contributed by atoms with E-state index in [4.69, 9.17) is 4.74 Å². The standard InChI is InChI=1S/C22H31N3O3S.HI/c1-18(15-28-16-20-7-5-4-6-8-20)13-24-22(23-2)25-14-19-9-11-21(12-10-19)17-29(3,26)27;/h4-12,18H,13-17H2,1-3H3,(H2,23,24,25);1H. The summed E-state index contributed by atoms with van der Waals surface area (Å²) in [5.41, 5.74) is 3.03.